The maximum atomic E-state index is 12.5. The molecule has 0 unspecified atom stereocenters. The Bertz CT molecular complexity index is 958. The van der Waals surface area contributed by atoms with Crippen molar-refractivity contribution >= 4 is 17.4 Å². The molecule has 0 aliphatic carbocycles. The number of benzene rings is 2. The van der Waals surface area contributed by atoms with E-state index in [1.165, 1.54) is 0 Å². The molecule has 28 heavy (non-hydrogen) atoms. The molecule has 144 valence electrons. The van der Waals surface area contributed by atoms with Gasteiger partial charge >= 0.3 is 0 Å². The van der Waals surface area contributed by atoms with Gasteiger partial charge in [-0.25, -0.2) is 9.97 Å². The third kappa shape index (κ3) is 4.92. The van der Waals surface area contributed by atoms with E-state index in [0.29, 0.717) is 30.5 Å². The number of rotatable bonds is 7. The zero-order valence-electron chi connectivity index (χ0n) is 16.3. The normalized spacial score (nSPS) is 10.5. The Labute approximate surface area is 165 Å². The van der Waals surface area contributed by atoms with Crippen LogP contribution in [-0.2, 0) is 4.74 Å². The third-order valence-corrected chi connectivity index (χ3v) is 4.24. The Morgan fingerprint density at radius 2 is 1.82 bits per heavy atom. The van der Waals surface area contributed by atoms with Crippen LogP contribution in [0.15, 0.2) is 54.6 Å². The monoisotopic (exact) mass is 376 g/mol. The number of ether oxygens (including phenoxy) is 1. The summed E-state index contributed by atoms with van der Waals surface area (Å²) in [5.41, 5.74) is 4.33. The zero-order valence-corrected chi connectivity index (χ0v) is 16.3. The van der Waals surface area contributed by atoms with Crippen LogP contribution in [0.2, 0.25) is 0 Å². The van der Waals surface area contributed by atoms with Crippen LogP contribution in [0, 0.1) is 13.8 Å². The number of aryl methyl sites for hydroxylation is 2. The van der Waals surface area contributed by atoms with Crippen LogP contribution in [0.5, 0.6) is 0 Å². The summed E-state index contributed by atoms with van der Waals surface area (Å²) in [7, 11) is 1.59. The summed E-state index contributed by atoms with van der Waals surface area (Å²) in [6.45, 7) is 4.92. The standard InChI is InChI=1S/C22H24N4O2/c1-15-9-10-16(2)18(13-15)24-20-14-19(22(27)23-11-12-28-3)25-21(26-20)17-7-5-4-6-8-17/h4-10,13-14H,11-12H2,1-3H3,(H,23,27)(H,24,25,26). The molecule has 0 fully saturated rings. The van der Waals surface area contributed by atoms with Crippen molar-refractivity contribution in [2.45, 2.75) is 13.8 Å². The molecule has 1 aromatic heterocycles. The molecule has 0 saturated carbocycles. The van der Waals surface area contributed by atoms with Crippen molar-refractivity contribution < 1.29 is 9.53 Å². The predicted molar refractivity (Wildman–Crippen MR) is 111 cm³/mol. The molecule has 0 aliphatic heterocycles. The SMILES string of the molecule is COCCNC(=O)c1cc(Nc2cc(C)ccc2C)nc(-c2ccccc2)n1. The van der Waals surface area contributed by atoms with E-state index < -0.39 is 0 Å². The second-order valence-corrected chi connectivity index (χ2v) is 6.52. The maximum absolute atomic E-state index is 12.5. The lowest BCUT2D eigenvalue weighted by molar-refractivity contribution is 0.0932. The number of nitrogens with one attached hydrogen (secondary N) is 2. The minimum Gasteiger partial charge on any atom is -0.383 e. The van der Waals surface area contributed by atoms with E-state index >= 15 is 0 Å². The molecular formula is C22H24N4O2. The van der Waals surface area contributed by atoms with Crippen molar-refractivity contribution in [3.63, 3.8) is 0 Å². The number of hydrogen-bond donors (Lipinski definition) is 2. The highest BCUT2D eigenvalue weighted by molar-refractivity contribution is 5.93. The lowest BCUT2D eigenvalue weighted by atomic mass is 10.1. The molecule has 0 saturated heterocycles. The van der Waals surface area contributed by atoms with Gasteiger partial charge in [-0.2, -0.15) is 0 Å². The molecule has 0 aliphatic rings. The van der Waals surface area contributed by atoms with E-state index in [9.17, 15) is 4.79 Å². The van der Waals surface area contributed by atoms with Gasteiger partial charge in [0.1, 0.15) is 11.5 Å². The second-order valence-electron chi connectivity index (χ2n) is 6.52. The number of hydrogen-bond acceptors (Lipinski definition) is 5. The lowest BCUT2D eigenvalue weighted by Gasteiger charge is -2.13. The fraction of sp³-hybridized carbons (Fsp3) is 0.227. The topological polar surface area (TPSA) is 76.1 Å². The summed E-state index contributed by atoms with van der Waals surface area (Å²) in [5, 5.41) is 6.14. The van der Waals surface area contributed by atoms with Crippen molar-refractivity contribution in [2.24, 2.45) is 0 Å². The number of methoxy groups -OCH3 is 1. The Hall–Kier alpha value is -3.25. The van der Waals surface area contributed by atoms with Crippen molar-refractivity contribution in [3.05, 3.63) is 71.4 Å². The fourth-order valence-electron chi connectivity index (χ4n) is 2.71. The Morgan fingerprint density at radius 3 is 2.57 bits per heavy atom. The van der Waals surface area contributed by atoms with Crippen molar-refractivity contribution in [2.75, 3.05) is 25.6 Å². The van der Waals surface area contributed by atoms with Gasteiger partial charge in [-0.1, -0.05) is 42.5 Å². The van der Waals surface area contributed by atoms with Crippen molar-refractivity contribution in [3.8, 4) is 11.4 Å². The third-order valence-electron chi connectivity index (χ3n) is 4.24. The molecule has 1 heterocycles. The van der Waals surface area contributed by atoms with Gasteiger partial charge in [-0.3, -0.25) is 4.79 Å². The van der Waals surface area contributed by atoms with Crippen molar-refractivity contribution in [1.82, 2.24) is 15.3 Å². The van der Waals surface area contributed by atoms with Crippen LogP contribution in [0.3, 0.4) is 0 Å². The first-order chi connectivity index (χ1) is 13.6. The molecule has 3 rings (SSSR count). The molecule has 6 nitrogen and oxygen atoms in total. The molecule has 0 bridgehead atoms. The number of carbonyl (C=O) groups is 1. The van der Waals surface area contributed by atoms with Gasteiger partial charge in [0.25, 0.3) is 5.91 Å². The largest absolute Gasteiger partial charge is 0.383 e. The molecule has 3 aromatic rings. The number of amides is 1. The van der Waals surface area contributed by atoms with E-state index in [4.69, 9.17) is 4.74 Å². The van der Waals surface area contributed by atoms with Gasteiger partial charge in [0.05, 0.1) is 6.61 Å². The molecule has 6 heteroatoms. The summed E-state index contributed by atoms with van der Waals surface area (Å²) >= 11 is 0. The van der Waals surface area contributed by atoms with Gasteiger partial charge in [-0.05, 0) is 31.0 Å². The quantitative estimate of drug-likeness (QED) is 0.612. The highest BCUT2D eigenvalue weighted by Gasteiger charge is 2.13. The molecule has 0 radical (unpaired) electrons. The zero-order chi connectivity index (χ0) is 19.9. The van der Waals surface area contributed by atoms with Crippen LogP contribution in [0.1, 0.15) is 21.6 Å². The first-order valence-corrected chi connectivity index (χ1v) is 9.13. The van der Waals surface area contributed by atoms with E-state index in [1.54, 1.807) is 13.2 Å². The van der Waals surface area contributed by atoms with E-state index in [-0.39, 0.29) is 5.91 Å². The molecule has 1 amide bonds. The van der Waals surface area contributed by atoms with Crippen LogP contribution in [0.25, 0.3) is 11.4 Å². The predicted octanol–water partition coefficient (Wildman–Crippen LogP) is 3.88. The maximum Gasteiger partial charge on any atom is 0.270 e. The van der Waals surface area contributed by atoms with Crippen LogP contribution < -0.4 is 10.6 Å². The van der Waals surface area contributed by atoms with Crippen LogP contribution >= 0.6 is 0 Å². The van der Waals surface area contributed by atoms with E-state index in [2.05, 4.69) is 38.8 Å². The summed E-state index contributed by atoms with van der Waals surface area (Å²) < 4.78 is 4.99. The smallest absolute Gasteiger partial charge is 0.270 e. The lowest BCUT2D eigenvalue weighted by Crippen LogP contribution is -2.28. The molecule has 2 aromatic carbocycles. The molecule has 0 spiro atoms. The van der Waals surface area contributed by atoms with Crippen LogP contribution in [0.4, 0.5) is 11.5 Å². The van der Waals surface area contributed by atoms with Crippen LogP contribution in [-0.4, -0.2) is 36.1 Å². The molecule has 2 N–H and O–H groups in total. The van der Waals surface area contributed by atoms with Gasteiger partial charge < -0.3 is 15.4 Å². The first-order valence-electron chi connectivity index (χ1n) is 9.13. The van der Waals surface area contributed by atoms with Gasteiger partial charge in [-0.15, -0.1) is 0 Å². The highest BCUT2D eigenvalue weighted by atomic mass is 16.5. The Balaban J connectivity index is 1.97. The minimum absolute atomic E-state index is 0.263. The van der Waals surface area contributed by atoms with Gasteiger partial charge in [0.2, 0.25) is 0 Å². The second kappa shape index (κ2) is 9.10. The highest BCUT2D eigenvalue weighted by Crippen LogP contribution is 2.23. The molecular weight excluding hydrogens is 352 g/mol. The van der Waals surface area contributed by atoms with Gasteiger partial charge in [0.15, 0.2) is 5.82 Å². The number of nitrogens with zero attached hydrogens (tertiary/aromatic N) is 2. The summed E-state index contributed by atoms with van der Waals surface area (Å²) in [6.07, 6.45) is 0. The summed E-state index contributed by atoms with van der Waals surface area (Å²) in [5.74, 6) is 0.799. The Morgan fingerprint density at radius 1 is 1.04 bits per heavy atom. The Kier molecular flexibility index (Phi) is 6.34. The average Bonchev–Trinajstić information content (AvgIpc) is 2.71. The summed E-state index contributed by atoms with van der Waals surface area (Å²) in [6, 6.07) is 17.4. The van der Waals surface area contributed by atoms with E-state index in [0.717, 1.165) is 22.4 Å². The summed E-state index contributed by atoms with van der Waals surface area (Å²) in [4.78, 5) is 21.6. The number of anilines is 2. The number of carbonyl (C=O) groups excluding carboxylic acids is 1. The van der Waals surface area contributed by atoms with Gasteiger partial charge in [0, 0.05) is 31.0 Å². The molecule has 0 atom stereocenters. The van der Waals surface area contributed by atoms with Crippen molar-refractivity contribution in [1.29, 1.82) is 0 Å². The fourth-order valence-corrected chi connectivity index (χ4v) is 2.71. The minimum atomic E-state index is -0.263. The number of aromatic nitrogens is 2. The first kappa shape index (κ1) is 19.5. The average molecular weight is 376 g/mol. The van der Waals surface area contributed by atoms with E-state index in [1.807, 2.05) is 44.2 Å².